The number of nitrogens with one attached hydrogen (secondary N) is 3. The van der Waals surface area contributed by atoms with E-state index in [0.717, 1.165) is 43.2 Å². The highest BCUT2D eigenvalue weighted by Gasteiger charge is 2.34. The van der Waals surface area contributed by atoms with E-state index >= 15 is 0 Å². The number of hydrogen-bond acceptors (Lipinski definition) is 4. The van der Waals surface area contributed by atoms with Crippen LogP contribution in [0.5, 0.6) is 0 Å². The van der Waals surface area contributed by atoms with Gasteiger partial charge in [0.25, 0.3) is 0 Å². The van der Waals surface area contributed by atoms with Crippen LogP contribution < -0.4 is 10.6 Å². The maximum absolute atomic E-state index is 5.65. The van der Waals surface area contributed by atoms with Crippen molar-refractivity contribution in [2.24, 2.45) is 5.92 Å². The van der Waals surface area contributed by atoms with Crippen LogP contribution in [0.3, 0.4) is 0 Å². The third-order valence-electron chi connectivity index (χ3n) is 5.25. The summed E-state index contributed by atoms with van der Waals surface area (Å²) in [4.78, 5) is 8.13. The second kappa shape index (κ2) is 7.83. The molecule has 0 radical (unpaired) electrons. The summed E-state index contributed by atoms with van der Waals surface area (Å²) in [7, 11) is 0. The minimum atomic E-state index is 0. The molecule has 132 valence electrons. The molecule has 5 nitrogen and oxygen atoms in total. The predicted molar refractivity (Wildman–Crippen MR) is 98.7 cm³/mol. The Morgan fingerprint density at radius 3 is 3.08 bits per heavy atom. The second-order valence-corrected chi connectivity index (χ2v) is 6.92. The van der Waals surface area contributed by atoms with E-state index in [4.69, 9.17) is 9.72 Å². The zero-order chi connectivity index (χ0) is 15.6. The van der Waals surface area contributed by atoms with Crippen molar-refractivity contribution in [3.8, 4) is 0 Å². The summed E-state index contributed by atoms with van der Waals surface area (Å²) >= 11 is 0. The summed E-state index contributed by atoms with van der Waals surface area (Å²) in [5.41, 5.74) is 3.45. The van der Waals surface area contributed by atoms with Gasteiger partial charge in [-0.2, -0.15) is 0 Å². The lowest BCUT2D eigenvalue weighted by Crippen LogP contribution is -2.50. The van der Waals surface area contributed by atoms with Crippen LogP contribution in [0.15, 0.2) is 18.2 Å². The van der Waals surface area contributed by atoms with E-state index in [0.29, 0.717) is 18.0 Å². The molecule has 1 aliphatic carbocycles. The number of hydrogen-bond donors (Lipinski definition) is 3. The molecule has 1 saturated carbocycles. The molecular weight excluding hydrogens is 324 g/mol. The Morgan fingerprint density at radius 1 is 1.33 bits per heavy atom. The third kappa shape index (κ3) is 3.75. The van der Waals surface area contributed by atoms with Crippen LogP contribution in [0, 0.1) is 12.8 Å². The fourth-order valence-electron chi connectivity index (χ4n) is 4.07. The van der Waals surface area contributed by atoms with Crippen molar-refractivity contribution in [3.63, 3.8) is 0 Å². The van der Waals surface area contributed by atoms with Gasteiger partial charge in [-0.3, -0.25) is 0 Å². The number of H-pyrrole nitrogens is 1. The van der Waals surface area contributed by atoms with Gasteiger partial charge in [0.2, 0.25) is 0 Å². The van der Waals surface area contributed by atoms with Gasteiger partial charge in [0.15, 0.2) is 0 Å². The molecule has 0 bridgehead atoms. The molecule has 1 saturated heterocycles. The summed E-state index contributed by atoms with van der Waals surface area (Å²) in [5, 5.41) is 7.36. The van der Waals surface area contributed by atoms with E-state index in [1.165, 1.54) is 24.8 Å². The Balaban J connectivity index is 0.00000169. The lowest BCUT2D eigenvalue weighted by atomic mass is 9.94. The maximum Gasteiger partial charge on any atom is 0.121 e. The SMILES string of the molecule is Cc1ccc2nc(CNC3CCCC3C3COCCN3)[nH]c2c1.Cl. The number of aromatic amines is 1. The third-order valence-corrected chi connectivity index (χ3v) is 5.25. The van der Waals surface area contributed by atoms with E-state index in [1.807, 2.05) is 0 Å². The van der Waals surface area contributed by atoms with Crippen molar-refractivity contribution in [1.29, 1.82) is 0 Å². The minimum Gasteiger partial charge on any atom is -0.379 e. The Labute approximate surface area is 149 Å². The van der Waals surface area contributed by atoms with Crippen molar-refractivity contribution in [2.45, 2.75) is 44.8 Å². The number of fused-ring (bicyclic) bond motifs is 1. The number of ether oxygens (including phenoxy) is 1. The van der Waals surface area contributed by atoms with E-state index < -0.39 is 0 Å². The Hall–Kier alpha value is -1.14. The van der Waals surface area contributed by atoms with Gasteiger partial charge in [-0.15, -0.1) is 12.4 Å². The molecular formula is C18H27ClN4O. The number of aryl methyl sites for hydroxylation is 1. The smallest absolute Gasteiger partial charge is 0.121 e. The van der Waals surface area contributed by atoms with Gasteiger partial charge in [0.05, 0.1) is 30.8 Å². The quantitative estimate of drug-likeness (QED) is 0.793. The van der Waals surface area contributed by atoms with Crippen molar-refractivity contribution < 1.29 is 4.74 Å². The van der Waals surface area contributed by atoms with Crippen molar-refractivity contribution in [3.05, 3.63) is 29.6 Å². The van der Waals surface area contributed by atoms with Crippen LogP contribution in [0.25, 0.3) is 11.0 Å². The van der Waals surface area contributed by atoms with E-state index in [1.54, 1.807) is 0 Å². The molecule has 1 aromatic carbocycles. The van der Waals surface area contributed by atoms with E-state index in [2.05, 4.69) is 40.7 Å². The van der Waals surface area contributed by atoms with Gasteiger partial charge in [-0.25, -0.2) is 4.98 Å². The van der Waals surface area contributed by atoms with E-state index in [9.17, 15) is 0 Å². The summed E-state index contributed by atoms with van der Waals surface area (Å²) in [6, 6.07) is 7.42. The van der Waals surface area contributed by atoms with Crippen LogP contribution in [0.1, 0.15) is 30.7 Å². The van der Waals surface area contributed by atoms with Crippen LogP contribution in [0.2, 0.25) is 0 Å². The first-order chi connectivity index (χ1) is 11.3. The van der Waals surface area contributed by atoms with Gasteiger partial charge in [0.1, 0.15) is 5.82 Å². The van der Waals surface area contributed by atoms with Crippen LogP contribution in [-0.2, 0) is 11.3 Å². The van der Waals surface area contributed by atoms with E-state index in [-0.39, 0.29) is 12.4 Å². The Kier molecular flexibility index (Phi) is 5.76. The first-order valence-electron chi connectivity index (χ1n) is 8.79. The maximum atomic E-state index is 5.65. The largest absolute Gasteiger partial charge is 0.379 e. The molecule has 3 atom stereocenters. The highest BCUT2D eigenvalue weighted by molar-refractivity contribution is 5.85. The lowest BCUT2D eigenvalue weighted by molar-refractivity contribution is 0.0524. The zero-order valence-electron chi connectivity index (χ0n) is 14.2. The zero-order valence-corrected chi connectivity index (χ0v) is 15.0. The normalized spacial score (nSPS) is 27.3. The number of imidazole rings is 1. The molecule has 2 aliphatic rings. The van der Waals surface area contributed by atoms with Gasteiger partial charge in [-0.1, -0.05) is 12.5 Å². The Morgan fingerprint density at radius 2 is 2.25 bits per heavy atom. The highest BCUT2D eigenvalue weighted by Crippen LogP contribution is 2.29. The van der Waals surface area contributed by atoms with Gasteiger partial charge in [-0.05, 0) is 43.4 Å². The molecule has 6 heteroatoms. The number of benzene rings is 1. The fraction of sp³-hybridized carbons (Fsp3) is 0.611. The first-order valence-corrected chi connectivity index (χ1v) is 8.79. The molecule has 3 N–H and O–H groups in total. The van der Waals surface area contributed by atoms with Crippen molar-refractivity contribution >= 4 is 23.4 Å². The van der Waals surface area contributed by atoms with Gasteiger partial charge in [0, 0.05) is 18.6 Å². The standard InChI is InChI=1S/C18H26N4O.ClH/c1-12-5-6-15-16(9-12)22-18(21-15)10-20-14-4-2-3-13(14)17-11-23-8-7-19-17;/h5-6,9,13-14,17,19-20H,2-4,7-8,10-11H2,1H3,(H,21,22);1H. The topological polar surface area (TPSA) is 62.0 Å². The van der Waals surface area contributed by atoms with Crippen LogP contribution >= 0.6 is 12.4 Å². The molecule has 2 aromatic rings. The van der Waals surface area contributed by atoms with Crippen molar-refractivity contribution in [1.82, 2.24) is 20.6 Å². The number of rotatable bonds is 4. The molecule has 2 fully saturated rings. The molecule has 0 amide bonds. The summed E-state index contributed by atoms with van der Waals surface area (Å²) < 4.78 is 5.65. The molecule has 24 heavy (non-hydrogen) atoms. The average molecular weight is 351 g/mol. The Bertz CT molecular complexity index is 668. The summed E-state index contributed by atoms with van der Waals surface area (Å²) in [6.45, 7) is 5.60. The summed E-state index contributed by atoms with van der Waals surface area (Å²) in [6.07, 6.45) is 3.85. The second-order valence-electron chi connectivity index (χ2n) is 6.92. The lowest BCUT2D eigenvalue weighted by Gasteiger charge is -2.32. The molecule has 3 unspecified atom stereocenters. The first kappa shape index (κ1) is 17.7. The monoisotopic (exact) mass is 350 g/mol. The number of aromatic nitrogens is 2. The van der Waals surface area contributed by atoms with Gasteiger partial charge < -0.3 is 20.4 Å². The number of nitrogens with zero attached hydrogens (tertiary/aromatic N) is 1. The predicted octanol–water partition coefficient (Wildman–Crippen LogP) is 2.54. The molecule has 4 rings (SSSR count). The summed E-state index contributed by atoms with van der Waals surface area (Å²) in [5.74, 6) is 1.70. The van der Waals surface area contributed by atoms with Crippen LogP contribution in [0.4, 0.5) is 0 Å². The van der Waals surface area contributed by atoms with Crippen LogP contribution in [-0.4, -0.2) is 41.8 Å². The fourth-order valence-corrected chi connectivity index (χ4v) is 4.07. The highest BCUT2D eigenvalue weighted by atomic mass is 35.5. The average Bonchev–Trinajstić information content (AvgIpc) is 3.19. The molecule has 1 aliphatic heterocycles. The minimum absolute atomic E-state index is 0. The number of morpholine rings is 1. The van der Waals surface area contributed by atoms with Gasteiger partial charge >= 0.3 is 0 Å². The number of halogens is 1. The van der Waals surface area contributed by atoms with Crippen molar-refractivity contribution in [2.75, 3.05) is 19.8 Å². The molecule has 0 spiro atoms. The molecule has 1 aromatic heterocycles. The molecule has 2 heterocycles.